The molecule has 27 heavy (non-hydrogen) atoms. The van der Waals surface area contributed by atoms with Crippen molar-refractivity contribution >= 4 is 11.8 Å². The summed E-state index contributed by atoms with van der Waals surface area (Å²) in [4.78, 5) is 39.0. The molecule has 2 aromatic heterocycles. The number of nitrogens with zero attached hydrogens (tertiary/aromatic N) is 6. The van der Waals surface area contributed by atoms with Gasteiger partial charge in [-0.05, 0) is 26.0 Å². The number of likely N-dealkylation sites (N-methyl/N-ethyl adjacent to an activating group) is 1. The molecule has 2 aromatic rings. The van der Waals surface area contributed by atoms with Gasteiger partial charge < -0.3 is 9.80 Å². The molecule has 3 rings (SSSR count). The van der Waals surface area contributed by atoms with E-state index in [-0.39, 0.29) is 11.8 Å². The van der Waals surface area contributed by atoms with Gasteiger partial charge in [-0.3, -0.25) is 19.1 Å². The quantitative estimate of drug-likeness (QED) is 0.755. The molecule has 0 saturated carbocycles. The molecule has 0 unspecified atom stereocenters. The third-order valence-electron chi connectivity index (χ3n) is 4.90. The van der Waals surface area contributed by atoms with E-state index in [9.17, 15) is 9.59 Å². The van der Waals surface area contributed by atoms with Gasteiger partial charge in [0, 0.05) is 57.9 Å². The van der Waals surface area contributed by atoms with Crippen molar-refractivity contribution in [3.05, 3.63) is 42.6 Å². The standard InChI is InChI=1S/C19H26N6O2/c1-3-23(4-2)18(26)14-22-9-11-24(12-10-22)19(27)16-5-6-17(21-13-16)25-8-7-20-15-25/h5-8,13,15H,3-4,9-12,14H2,1-2H3. The summed E-state index contributed by atoms with van der Waals surface area (Å²) >= 11 is 0. The zero-order valence-electron chi connectivity index (χ0n) is 15.9. The SMILES string of the molecule is CCN(CC)C(=O)CN1CCN(C(=O)c2ccc(-n3ccnc3)nc2)CC1. The van der Waals surface area contributed by atoms with Crippen molar-refractivity contribution in [1.29, 1.82) is 0 Å². The van der Waals surface area contributed by atoms with Crippen LogP contribution in [-0.4, -0.2) is 86.9 Å². The van der Waals surface area contributed by atoms with E-state index in [0.717, 1.165) is 18.9 Å². The maximum absolute atomic E-state index is 12.7. The first kappa shape index (κ1) is 19.0. The molecule has 0 aromatic carbocycles. The number of hydrogen-bond donors (Lipinski definition) is 0. The van der Waals surface area contributed by atoms with E-state index in [1.54, 1.807) is 29.4 Å². The largest absolute Gasteiger partial charge is 0.342 e. The Kier molecular flexibility index (Phi) is 6.18. The van der Waals surface area contributed by atoms with Crippen molar-refractivity contribution < 1.29 is 9.59 Å². The van der Waals surface area contributed by atoms with E-state index < -0.39 is 0 Å². The van der Waals surface area contributed by atoms with Crippen LogP contribution in [-0.2, 0) is 4.79 Å². The van der Waals surface area contributed by atoms with E-state index >= 15 is 0 Å². The molecule has 1 saturated heterocycles. The predicted octanol–water partition coefficient (Wildman–Crippen LogP) is 0.894. The molecule has 1 aliphatic rings. The Morgan fingerprint density at radius 1 is 1.11 bits per heavy atom. The molecule has 1 fully saturated rings. The summed E-state index contributed by atoms with van der Waals surface area (Å²) in [6.45, 7) is 8.52. The third-order valence-corrected chi connectivity index (χ3v) is 4.90. The number of imidazole rings is 1. The maximum Gasteiger partial charge on any atom is 0.255 e. The highest BCUT2D eigenvalue weighted by atomic mass is 16.2. The van der Waals surface area contributed by atoms with Crippen molar-refractivity contribution in [3.63, 3.8) is 0 Å². The lowest BCUT2D eigenvalue weighted by Gasteiger charge is -2.35. The fourth-order valence-corrected chi connectivity index (χ4v) is 3.22. The molecule has 0 spiro atoms. The summed E-state index contributed by atoms with van der Waals surface area (Å²) in [6.07, 6.45) is 6.77. The minimum atomic E-state index is -0.0191. The van der Waals surface area contributed by atoms with Crippen LogP contribution in [0.25, 0.3) is 5.82 Å². The molecule has 8 nitrogen and oxygen atoms in total. The van der Waals surface area contributed by atoms with Gasteiger partial charge in [-0.15, -0.1) is 0 Å². The van der Waals surface area contributed by atoms with E-state index in [1.165, 1.54) is 0 Å². The summed E-state index contributed by atoms with van der Waals surface area (Å²) in [5, 5.41) is 0. The van der Waals surface area contributed by atoms with Crippen LogP contribution in [0, 0.1) is 0 Å². The van der Waals surface area contributed by atoms with E-state index in [4.69, 9.17) is 0 Å². The van der Waals surface area contributed by atoms with Gasteiger partial charge in [-0.2, -0.15) is 0 Å². The Balaban J connectivity index is 1.53. The molecule has 8 heteroatoms. The second-order valence-electron chi connectivity index (χ2n) is 6.51. The van der Waals surface area contributed by atoms with Crippen LogP contribution < -0.4 is 0 Å². The minimum Gasteiger partial charge on any atom is -0.342 e. The average molecular weight is 370 g/mol. The van der Waals surface area contributed by atoms with Crippen molar-refractivity contribution in [2.75, 3.05) is 45.8 Å². The van der Waals surface area contributed by atoms with E-state index in [0.29, 0.717) is 38.3 Å². The molecule has 2 amide bonds. The Bertz CT molecular complexity index is 747. The summed E-state index contributed by atoms with van der Waals surface area (Å²) in [5.74, 6) is 0.859. The Labute approximate surface area is 159 Å². The lowest BCUT2D eigenvalue weighted by Crippen LogP contribution is -2.51. The average Bonchev–Trinajstić information content (AvgIpc) is 3.24. The van der Waals surface area contributed by atoms with Gasteiger partial charge in [-0.25, -0.2) is 9.97 Å². The second kappa shape index (κ2) is 8.77. The first-order chi connectivity index (χ1) is 13.1. The van der Waals surface area contributed by atoms with E-state index in [1.807, 2.05) is 35.9 Å². The second-order valence-corrected chi connectivity index (χ2v) is 6.51. The van der Waals surface area contributed by atoms with Crippen molar-refractivity contribution in [3.8, 4) is 5.82 Å². The summed E-state index contributed by atoms with van der Waals surface area (Å²) in [5.41, 5.74) is 0.575. The molecule has 144 valence electrons. The summed E-state index contributed by atoms with van der Waals surface area (Å²) in [6, 6.07) is 3.61. The van der Waals surface area contributed by atoms with Gasteiger partial charge in [0.25, 0.3) is 5.91 Å². The minimum absolute atomic E-state index is 0.0191. The monoisotopic (exact) mass is 370 g/mol. The Morgan fingerprint density at radius 2 is 1.85 bits per heavy atom. The molecule has 0 bridgehead atoms. The van der Waals surface area contributed by atoms with Gasteiger partial charge in [0.2, 0.25) is 5.91 Å². The maximum atomic E-state index is 12.7. The first-order valence-corrected chi connectivity index (χ1v) is 9.36. The lowest BCUT2D eigenvalue weighted by molar-refractivity contribution is -0.132. The number of pyridine rings is 1. The lowest BCUT2D eigenvalue weighted by atomic mass is 10.2. The highest BCUT2D eigenvalue weighted by Gasteiger charge is 2.24. The molecule has 1 aliphatic heterocycles. The number of carbonyl (C=O) groups is 2. The van der Waals surface area contributed by atoms with Crippen LogP contribution in [0.15, 0.2) is 37.1 Å². The molecular formula is C19H26N6O2. The molecule has 0 aliphatic carbocycles. The van der Waals surface area contributed by atoms with Crippen LogP contribution in [0.1, 0.15) is 24.2 Å². The normalized spacial score (nSPS) is 15.0. The first-order valence-electron chi connectivity index (χ1n) is 9.36. The van der Waals surface area contributed by atoms with Crippen molar-refractivity contribution in [2.24, 2.45) is 0 Å². The van der Waals surface area contributed by atoms with Crippen molar-refractivity contribution in [2.45, 2.75) is 13.8 Å². The van der Waals surface area contributed by atoms with Crippen LogP contribution in [0.3, 0.4) is 0 Å². The topological polar surface area (TPSA) is 74.6 Å². The molecule has 3 heterocycles. The third kappa shape index (κ3) is 4.51. The van der Waals surface area contributed by atoms with Gasteiger partial charge >= 0.3 is 0 Å². The molecule has 0 N–H and O–H groups in total. The Morgan fingerprint density at radius 3 is 2.41 bits per heavy atom. The number of rotatable bonds is 6. The van der Waals surface area contributed by atoms with Crippen molar-refractivity contribution in [1.82, 2.24) is 29.2 Å². The molecule has 0 atom stereocenters. The fourth-order valence-electron chi connectivity index (χ4n) is 3.22. The zero-order valence-corrected chi connectivity index (χ0v) is 15.9. The fraction of sp³-hybridized carbons (Fsp3) is 0.474. The highest BCUT2D eigenvalue weighted by molar-refractivity contribution is 5.94. The number of aromatic nitrogens is 3. The number of carbonyl (C=O) groups excluding carboxylic acids is 2. The number of amides is 2. The van der Waals surface area contributed by atoms with E-state index in [2.05, 4.69) is 14.9 Å². The molecular weight excluding hydrogens is 344 g/mol. The summed E-state index contributed by atoms with van der Waals surface area (Å²) < 4.78 is 1.79. The van der Waals surface area contributed by atoms with Crippen LogP contribution in [0.4, 0.5) is 0 Å². The predicted molar refractivity (Wildman–Crippen MR) is 102 cm³/mol. The smallest absolute Gasteiger partial charge is 0.255 e. The number of hydrogen-bond acceptors (Lipinski definition) is 5. The number of piperazine rings is 1. The van der Waals surface area contributed by atoms with Gasteiger partial charge in [0.1, 0.15) is 12.1 Å². The van der Waals surface area contributed by atoms with Gasteiger partial charge in [-0.1, -0.05) is 0 Å². The van der Waals surface area contributed by atoms with Gasteiger partial charge in [0.15, 0.2) is 0 Å². The molecule has 0 radical (unpaired) electrons. The summed E-state index contributed by atoms with van der Waals surface area (Å²) in [7, 11) is 0. The highest BCUT2D eigenvalue weighted by Crippen LogP contribution is 2.11. The van der Waals surface area contributed by atoms with Crippen LogP contribution in [0.5, 0.6) is 0 Å². The van der Waals surface area contributed by atoms with Gasteiger partial charge in [0.05, 0.1) is 12.1 Å². The van der Waals surface area contributed by atoms with Crippen LogP contribution >= 0.6 is 0 Å². The zero-order chi connectivity index (χ0) is 19.2. The van der Waals surface area contributed by atoms with Crippen LogP contribution in [0.2, 0.25) is 0 Å². The Hall–Kier alpha value is -2.74.